The number of rotatable bonds is 27. The number of ether oxygens (including phenoxy) is 2. The van der Waals surface area contributed by atoms with Gasteiger partial charge in [0.25, 0.3) is 0 Å². The maximum absolute atomic E-state index is 12.1. The number of carbonyl (C=O) groups is 1. The second kappa shape index (κ2) is 26.8. The Morgan fingerprint density at radius 2 is 1.29 bits per heavy atom. The Bertz CT molecular complexity index is 859. The second-order valence-electron chi connectivity index (χ2n) is 11.1. The van der Waals surface area contributed by atoms with E-state index in [0.717, 1.165) is 64.2 Å². The van der Waals surface area contributed by atoms with Crippen molar-refractivity contribution in [3.05, 3.63) is 60.8 Å². The molecule has 0 aromatic rings. The van der Waals surface area contributed by atoms with Crippen LogP contribution in [0.5, 0.6) is 0 Å². The molecule has 0 bridgehead atoms. The molecule has 0 aliphatic heterocycles. The largest absolute Gasteiger partial charge is 0.472 e. The van der Waals surface area contributed by atoms with Crippen molar-refractivity contribution in [2.75, 3.05) is 54.1 Å². The lowest BCUT2D eigenvalue weighted by atomic mass is 10.1. The van der Waals surface area contributed by atoms with Crippen LogP contribution in [0.3, 0.4) is 0 Å². The van der Waals surface area contributed by atoms with Crippen LogP contribution in [0.2, 0.25) is 0 Å². The third-order valence-electron chi connectivity index (χ3n) is 5.90. The molecule has 0 aromatic carbocycles. The fourth-order valence-electron chi connectivity index (χ4n) is 3.43. The van der Waals surface area contributed by atoms with Gasteiger partial charge in [0, 0.05) is 13.0 Å². The molecular formula is C33H59NO7P+. The fraction of sp³-hybridized carbons (Fsp3) is 0.667. The SMILES string of the molecule is CC/C=C\C/C=C\C/C=C\C/C=C\C/C=C\CCCCCCOCC(COP(=O)(O)OCC[N+](C)(C)C)OC(=O)CC. The number of likely N-dealkylation sites (N-methyl/N-ethyl adjacent to an activating group) is 1. The van der Waals surface area contributed by atoms with Gasteiger partial charge in [-0.25, -0.2) is 4.57 Å². The van der Waals surface area contributed by atoms with E-state index in [1.165, 1.54) is 0 Å². The van der Waals surface area contributed by atoms with Crippen molar-refractivity contribution in [2.24, 2.45) is 0 Å². The number of phosphoric acid groups is 1. The summed E-state index contributed by atoms with van der Waals surface area (Å²) >= 11 is 0. The minimum Gasteiger partial charge on any atom is -0.457 e. The first-order valence-electron chi connectivity index (χ1n) is 15.5. The predicted molar refractivity (Wildman–Crippen MR) is 173 cm³/mol. The predicted octanol–water partition coefficient (Wildman–Crippen LogP) is 7.87. The van der Waals surface area contributed by atoms with Crippen LogP contribution in [-0.4, -0.2) is 75.6 Å². The highest BCUT2D eigenvalue weighted by molar-refractivity contribution is 7.47. The average molecular weight is 613 g/mol. The lowest BCUT2D eigenvalue weighted by Crippen LogP contribution is -2.37. The Kier molecular flexibility index (Phi) is 25.7. The third kappa shape index (κ3) is 29.7. The molecule has 0 saturated carbocycles. The van der Waals surface area contributed by atoms with Crippen LogP contribution in [0, 0.1) is 0 Å². The van der Waals surface area contributed by atoms with Crippen molar-refractivity contribution in [3.8, 4) is 0 Å². The Hall–Kier alpha value is -1.80. The summed E-state index contributed by atoms with van der Waals surface area (Å²) in [5, 5.41) is 0. The van der Waals surface area contributed by atoms with Crippen molar-refractivity contribution in [1.82, 2.24) is 0 Å². The Labute approximate surface area is 256 Å². The molecule has 8 nitrogen and oxygen atoms in total. The summed E-state index contributed by atoms with van der Waals surface area (Å²) in [6.45, 7) is 4.82. The standard InChI is InChI=1S/C33H58NO7P/c1-6-8-9-10-11-12-13-14-15-16-17-18-19-20-21-22-23-24-25-26-28-38-30-32(41-33(35)7-2)31-40-42(36,37)39-29-27-34(3,4)5/h8-9,11-12,14-15,17-18,20-21,32H,6-7,10,13,16,19,22-31H2,1-5H3/p+1/b9-8-,12-11-,15-14-,18-17-,21-20-. The quantitative estimate of drug-likeness (QED) is 0.0332. The highest BCUT2D eigenvalue weighted by atomic mass is 31.2. The van der Waals surface area contributed by atoms with Gasteiger partial charge in [0.2, 0.25) is 0 Å². The van der Waals surface area contributed by atoms with Gasteiger partial charge in [-0.3, -0.25) is 13.8 Å². The highest BCUT2D eigenvalue weighted by Gasteiger charge is 2.26. The van der Waals surface area contributed by atoms with Crippen molar-refractivity contribution in [2.45, 2.75) is 90.6 Å². The molecule has 0 amide bonds. The zero-order chi connectivity index (χ0) is 31.4. The molecule has 0 saturated heterocycles. The Morgan fingerprint density at radius 3 is 1.83 bits per heavy atom. The van der Waals surface area contributed by atoms with E-state index in [1.54, 1.807) is 6.92 Å². The van der Waals surface area contributed by atoms with Crippen molar-refractivity contribution in [3.63, 3.8) is 0 Å². The lowest BCUT2D eigenvalue weighted by molar-refractivity contribution is -0.870. The molecule has 0 spiro atoms. The van der Waals surface area contributed by atoms with E-state index >= 15 is 0 Å². The van der Waals surface area contributed by atoms with Crippen LogP contribution in [-0.2, 0) is 27.9 Å². The fourth-order valence-corrected chi connectivity index (χ4v) is 4.17. The summed E-state index contributed by atoms with van der Waals surface area (Å²) in [4.78, 5) is 21.7. The molecule has 0 aromatic heterocycles. The number of carbonyl (C=O) groups excluding carboxylic acids is 1. The number of phosphoric ester groups is 1. The van der Waals surface area contributed by atoms with Crippen LogP contribution < -0.4 is 0 Å². The van der Waals surface area contributed by atoms with Crippen LogP contribution in [0.15, 0.2) is 60.8 Å². The zero-order valence-electron chi connectivity index (χ0n) is 27.0. The molecular weight excluding hydrogens is 553 g/mol. The molecule has 2 unspecified atom stereocenters. The molecule has 0 aliphatic carbocycles. The van der Waals surface area contributed by atoms with Gasteiger partial charge in [-0.15, -0.1) is 0 Å². The number of unbranched alkanes of at least 4 members (excludes halogenated alkanes) is 4. The molecule has 242 valence electrons. The van der Waals surface area contributed by atoms with E-state index in [4.69, 9.17) is 18.5 Å². The number of hydrogen-bond donors (Lipinski definition) is 1. The van der Waals surface area contributed by atoms with Gasteiger partial charge in [0.15, 0.2) is 0 Å². The summed E-state index contributed by atoms with van der Waals surface area (Å²) in [5.74, 6) is -0.416. The zero-order valence-corrected chi connectivity index (χ0v) is 27.9. The summed E-state index contributed by atoms with van der Waals surface area (Å²) in [7, 11) is 1.63. The van der Waals surface area contributed by atoms with Crippen LogP contribution >= 0.6 is 7.82 Å². The minimum absolute atomic E-state index is 0.0777. The molecule has 1 N–H and O–H groups in total. The monoisotopic (exact) mass is 612 g/mol. The van der Waals surface area contributed by atoms with Gasteiger partial charge in [0.05, 0.1) is 34.4 Å². The number of allylic oxidation sites excluding steroid dienone is 10. The van der Waals surface area contributed by atoms with Gasteiger partial charge >= 0.3 is 13.8 Å². The second-order valence-corrected chi connectivity index (χ2v) is 12.5. The molecule has 0 rings (SSSR count). The van der Waals surface area contributed by atoms with Gasteiger partial charge in [-0.2, -0.15) is 0 Å². The van der Waals surface area contributed by atoms with Crippen LogP contribution in [0.4, 0.5) is 0 Å². The highest BCUT2D eigenvalue weighted by Crippen LogP contribution is 2.43. The summed E-state index contributed by atoms with van der Waals surface area (Å²) < 4.78 is 33.8. The number of esters is 1. The van der Waals surface area contributed by atoms with Gasteiger partial charge < -0.3 is 18.9 Å². The normalized spacial score (nSPS) is 15.1. The Morgan fingerprint density at radius 1 is 0.738 bits per heavy atom. The Balaban J connectivity index is 3.94. The van der Waals surface area contributed by atoms with E-state index in [9.17, 15) is 14.3 Å². The van der Waals surface area contributed by atoms with E-state index < -0.39 is 19.9 Å². The topological polar surface area (TPSA) is 91.3 Å². The molecule has 42 heavy (non-hydrogen) atoms. The van der Waals surface area contributed by atoms with Gasteiger partial charge in [0.1, 0.15) is 19.3 Å². The van der Waals surface area contributed by atoms with Crippen molar-refractivity contribution < 1.29 is 37.3 Å². The van der Waals surface area contributed by atoms with E-state index in [-0.39, 0.29) is 26.2 Å². The molecule has 0 fully saturated rings. The van der Waals surface area contributed by atoms with E-state index in [1.807, 2.05) is 21.1 Å². The molecule has 2 atom stereocenters. The van der Waals surface area contributed by atoms with Crippen molar-refractivity contribution in [1.29, 1.82) is 0 Å². The minimum atomic E-state index is -4.24. The summed E-state index contributed by atoms with van der Waals surface area (Å²) in [5.41, 5.74) is 0. The number of nitrogens with zero attached hydrogens (tertiary/aromatic N) is 1. The molecule has 0 radical (unpaired) electrons. The first-order chi connectivity index (χ1) is 20.1. The molecule has 9 heteroatoms. The first-order valence-corrected chi connectivity index (χ1v) is 17.0. The average Bonchev–Trinajstić information content (AvgIpc) is 2.93. The number of quaternary nitrogens is 1. The smallest absolute Gasteiger partial charge is 0.457 e. The third-order valence-corrected chi connectivity index (χ3v) is 6.88. The van der Waals surface area contributed by atoms with Crippen LogP contribution in [0.25, 0.3) is 0 Å². The van der Waals surface area contributed by atoms with E-state index in [2.05, 4.69) is 67.7 Å². The van der Waals surface area contributed by atoms with E-state index in [0.29, 0.717) is 17.6 Å². The maximum Gasteiger partial charge on any atom is 0.472 e. The van der Waals surface area contributed by atoms with Gasteiger partial charge in [-0.05, 0) is 51.4 Å². The lowest BCUT2D eigenvalue weighted by Gasteiger charge is -2.24. The maximum atomic E-state index is 12.1. The first kappa shape index (κ1) is 40.2. The number of hydrogen-bond acceptors (Lipinski definition) is 6. The van der Waals surface area contributed by atoms with Gasteiger partial charge in [-0.1, -0.05) is 87.4 Å². The van der Waals surface area contributed by atoms with Crippen molar-refractivity contribution >= 4 is 13.8 Å². The summed E-state index contributed by atoms with van der Waals surface area (Å²) in [6.07, 6.45) is 31.8. The molecule has 0 aliphatic rings. The molecule has 0 heterocycles. The van der Waals surface area contributed by atoms with Crippen LogP contribution in [0.1, 0.15) is 84.5 Å². The summed E-state index contributed by atoms with van der Waals surface area (Å²) in [6, 6.07) is 0.